The lowest BCUT2D eigenvalue weighted by atomic mass is 9.97. The summed E-state index contributed by atoms with van der Waals surface area (Å²) in [7, 11) is 0. The van der Waals surface area contributed by atoms with Crippen molar-refractivity contribution in [3.05, 3.63) is 23.2 Å². The molecule has 0 atom stereocenters. The number of nitrogens with zero attached hydrogens (tertiary/aromatic N) is 1. The molecule has 2 amide bonds. The van der Waals surface area contributed by atoms with E-state index in [1.54, 1.807) is 23.1 Å². The number of rotatable bonds is 5. The number of benzene rings is 1. The Kier molecular flexibility index (Phi) is 6.10. The first kappa shape index (κ1) is 17.4. The van der Waals surface area contributed by atoms with Gasteiger partial charge in [0, 0.05) is 18.1 Å². The van der Waals surface area contributed by atoms with E-state index < -0.39 is 5.97 Å². The van der Waals surface area contributed by atoms with Crippen LogP contribution in [0.2, 0.25) is 5.02 Å². The predicted molar refractivity (Wildman–Crippen MR) is 88.2 cm³/mol. The van der Waals surface area contributed by atoms with E-state index in [4.69, 9.17) is 21.4 Å². The molecule has 0 radical (unpaired) electrons. The Labute approximate surface area is 140 Å². The lowest BCUT2D eigenvalue weighted by molar-refractivity contribution is -0.143. The summed E-state index contributed by atoms with van der Waals surface area (Å²) in [4.78, 5) is 24.9. The number of anilines is 1. The number of piperidine rings is 1. The number of carbonyl (C=O) groups excluding carboxylic acids is 1. The van der Waals surface area contributed by atoms with Crippen LogP contribution in [-0.4, -0.2) is 41.7 Å². The molecule has 0 aromatic heterocycles. The van der Waals surface area contributed by atoms with Crippen molar-refractivity contribution in [1.82, 2.24) is 4.90 Å². The van der Waals surface area contributed by atoms with Crippen LogP contribution in [0.25, 0.3) is 0 Å². The normalized spacial score (nSPS) is 15.3. The molecule has 0 aliphatic carbocycles. The molecule has 7 heteroatoms. The summed E-state index contributed by atoms with van der Waals surface area (Å²) >= 11 is 5.99. The number of likely N-dealkylation sites (tertiary alicyclic amines) is 1. The second kappa shape index (κ2) is 8.06. The Hall–Kier alpha value is -1.95. The first-order valence-corrected chi connectivity index (χ1v) is 8.10. The summed E-state index contributed by atoms with van der Waals surface area (Å²) in [6, 6.07) is 4.82. The van der Waals surface area contributed by atoms with Crippen molar-refractivity contribution in [3.8, 4) is 5.75 Å². The molecule has 1 saturated heterocycles. The number of aliphatic carboxylic acids is 1. The van der Waals surface area contributed by atoms with Gasteiger partial charge in [0.25, 0.3) is 0 Å². The van der Waals surface area contributed by atoms with Crippen LogP contribution in [-0.2, 0) is 4.79 Å². The zero-order valence-corrected chi connectivity index (χ0v) is 13.8. The molecule has 1 aliphatic heterocycles. The fourth-order valence-electron chi connectivity index (χ4n) is 2.46. The molecular weight excluding hydrogens is 320 g/mol. The maximum atomic E-state index is 12.4. The van der Waals surface area contributed by atoms with Crippen LogP contribution in [0.3, 0.4) is 0 Å². The third kappa shape index (κ3) is 4.76. The highest BCUT2D eigenvalue weighted by Crippen LogP contribution is 2.29. The lowest BCUT2D eigenvalue weighted by Gasteiger charge is -2.30. The van der Waals surface area contributed by atoms with Gasteiger partial charge in [-0.2, -0.15) is 0 Å². The Morgan fingerprint density at radius 1 is 1.39 bits per heavy atom. The Balaban J connectivity index is 2.00. The van der Waals surface area contributed by atoms with Gasteiger partial charge in [-0.05, 0) is 37.5 Å². The van der Waals surface area contributed by atoms with Crippen LogP contribution in [0.1, 0.15) is 26.2 Å². The van der Waals surface area contributed by atoms with Crippen LogP contribution in [0.4, 0.5) is 10.5 Å². The van der Waals surface area contributed by atoms with Crippen LogP contribution in [0.5, 0.6) is 5.75 Å². The number of carboxylic acids is 1. The zero-order chi connectivity index (χ0) is 16.8. The molecule has 0 spiro atoms. The van der Waals surface area contributed by atoms with Gasteiger partial charge < -0.3 is 20.1 Å². The van der Waals surface area contributed by atoms with Gasteiger partial charge in [0.2, 0.25) is 0 Å². The van der Waals surface area contributed by atoms with Gasteiger partial charge in [-0.1, -0.05) is 18.5 Å². The fraction of sp³-hybridized carbons (Fsp3) is 0.500. The van der Waals surface area contributed by atoms with Crippen molar-refractivity contribution in [2.24, 2.45) is 5.92 Å². The van der Waals surface area contributed by atoms with E-state index in [1.165, 1.54) is 0 Å². The highest BCUT2D eigenvalue weighted by molar-refractivity contribution is 6.31. The summed E-state index contributed by atoms with van der Waals surface area (Å²) in [5.41, 5.74) is 0.524. The Morgan fingerprint density at radius 3 is 2.70 bits per heavy atom. The van der Waals surface area contributed by atoms with Crippen LogP contribution in [0.15, 0.2) is 18.2 Å². The van der Waals surface area contributed by atoms with E-state index in [1.807, 2.05) is 6.92 Å². The molecule has 0 saturated carbocycles. The first-order chi connectivity index (χ1) is 11.0. The average molecular weight is 341 g/mol. The monoisotopic (exact) mass is 340 g/mol. The second-order valence-corrected chi connectivity index (χ2v) is 5.96. The third-order valence-electron chi connectivity index (χ3n) is 3.78. The molecule has 23 heavy (non-hydrogen) atoms. The second-order valence-electron chi connectivity index (χ2n) is 5.52. The van der Waals surface area contributed by atoms with Gasteiger partial charge >= 0.3 is 12.0 Å². The summed E-state index contributed by atoms with van der Waals surface area (Å²) in [6.45, 7) is 3.40. The molecule has 6 nitrogen and oxygen atoms in total. The Bertz CT molecular complexity index is 571. The number of hydrogen-bond donors (Lipinski definition) is 2. The maximum Gasteiger partial charge on any atom is 0.321 e. The van der Waals surface area contributed by atoms with Crippen LogP contribution in [0, 0.1) is 5.92 Å². The number of halogens is 1. The van der Waals surface area contributed by atoms with Gasteiger partial charge in [-0.3, -0.25) is 4.79 Å². The summed E-state index contributed by atoms with van der Waals surface area (Å²) in [5.74, 6) is -0.589. The Morgan fingerprint density at radius 2 is 2.09 bits per heavy atom. The molecule has 126 valence electrons. The first-order valence-electron chi connectivity index (χ1n) is 7.72. The number of carboxylic acid groups (broad SMARTS) is 1. The maximum absolute atomic E-state index is 12.4. The molecule has 2 rings (SSSR count). The number of amides is 2. The van der Waals surface area contributed by atoms with E-state index >= 15 is 0 Å². The molecule has 2 N–H and O–H groups in total. The zero-order valence-electron chi connectivity index (χ0n) is 13.0. The number of urea groups is 1. The van der Waals surface area contributed by atoms with E-state index in [2.05, 4.69) is 5.32 Å². The van der Waals surface area contributed by atoms with Crippen molar-refractivity contribution < 1.29 is 19.4 Å². The van der Waals surface area contributed by atoms with E-state index in [9.17, 15) is 9.59 Å². The minimum atomic E-state index is -0.796. The van der Waals surface area contributed by atoms with Gasteiger partial charge in [-0.15, -0.1) is 0 Å². The van der Waals surface area contributed by atoms with Crippen molar-refractivity contribution in [3.63, 3.8) is 0 Å². The van der Waals surface area contributed by atoms with Crippen molar-refractivity contribution in [2.45, 2.75) is 26.2 Å². The molecule has 0 bridgehead atoms. The molecule has 1 aromatic carbocycles. The van der Waals surface area contributed by atoms with Crippen LogP contribution >= 0.6 is 11.6 Å². The minimum Gasteiger partial charge on any atom is -0.491 e. The largest absolute Gasteiger partial charge is 0.491 e. The average Bonchev–Trinajstić information content (AvgIpc) is 2.54. The van der Waals surface area contributed by atoms with E-state index in [0.29, 0.717) is 49.0 Å². The number of nitrogens with one attached hydrogen (secondary N) is 1. The van der Waals surface area contributed by atoms with Crippen molar-refractivity contribution >= 4 is 29.3 Å². The van der Waals surface area contributed by atoms with Gasteiger partial charge in [-0.25, -0.2) is 4.79 Å². The predicted octanol–water partition coefficient (Wildman–Crippen LogP) is 3.46. The molecule has 0 unspecified atom stereocenters. The quantitative estimate of drug-likeness (QED) is 0.860. The highest BCUT2D eigenvalue weighted by Gasteiger charge is 2.27. The van der Waals surface area contributed by atoms with Gasteiger partial charge in [0.1, 0.15) is 5.75 Å². The minimum absolute atomic E-state index is 0.266. The molecule has 1 fully saturated rings. The van der Waals surface area contributed by atoms with Crippen molar-refractivity contribution in [2.75, 3.05) is 25.0 Å². The standard InChI is InChI=1S/C16H21ClN2O4/c1-2-9-23-14-4-3-12(17)10-13(14)18-16(22)19-7-5-11(6-8-19)15(20)21/h3-4,10-11H,2,5-9H2,1H3,(H,18,22)(H,20,21). The molecule has 1 heterocycles. The van der Waals surface area contributed by atoms with Crippen LogP contribution < -0.4 is 10.1 Å². The topological polar surface area (TPSA) is 78.9 Å². The number of carbonyl (C=O) groups is 2. The SMILES string of the molecule is CCCOc1ccc(Cl)cc1NC(=O)N1CCC(C(=O)O)CC1. The van der Waals surface area contributed by atoms with Gasteiger partial charge in [0.05, 0.1) is 18.2 Å². The molecular formula is C16H21ClN2O4. The number of hydrogen-bond acceptors (Lipinski definition) is 3. The van der Waals surface area contributed by atoms with E-state index in [-0.39, 0.29) is 11.9 Å². The number of ether oxygens (including phenoxy) is 1. The summed E-state index contributed by atoms with van der Waals surface area (Å²) < 4.78 is 5.61. The fourth-order valence-corrected chi connectivity index (χ4v) is 2.63. The van der Waals surface area contributed by atoms with E-state index in [0.717, 1.165) is 6.42 Å². The summed E-state index contributed by atoms with van der Waals surface area (Å²) in [6.07, 6.45) is 1.80. The molecule has 1 aromatic rings. The smallest absolute Gasteiger partial charge is 0.321 e. The van der Waals surface area contributed by atoms with Crippen molar-refractivity contribution in [1.29, 1.82) is 0 Å². The summed E-state index contributed by atoms with van der Waals surface area (Å²) in [5, 5.41) is 12.3. The highest BCUT2D eigenvalue weighted by atomic mass is 35.5. The third-order valence-corrected chi connectivity index (χ3v) is 4.01. The molecule has 1 aliphatic rings. The van der Waals surface area contributed by atoms with Gasteiger partial charge in [0.15, 0.2) is 0 Å². The lowest BCUT2D eigenvalue weighted by Crippen LogP contribution is -2.42.